The van der Waals surface area contributed by atoms with Gasteiger partial charge in [-0.1, -0.05) is 12.8 Å². The van der Waals surface area contributed by atoms with E-state index < -0.39 is 0 Å². The van der Waals surface area contributed by atoms with Gasteiger partial charge in [-0.3, -0.25) is 4.68 Å². The second-order valence-electron chi connectivity index (χ2n) is 5.92. The van der Waals surface area contributed by atoms with E-state index in [9.17, 15) is 0 Å². The monoisotopic (exact) mass is 397 g/mol. The zero-order chi connectivity index (χ0) is 15.0. The van der Waals surface area contributed by atoms with Crippen LogP contribution < -0.4 is 5.73 Å². The summed E-state index contributed by atoms with van der Waals surface area (Å²) in [7, 11) is 0. The van der Waals surface area contributed by atoms with Gasteiger partial charge in [0.2, 0.25) is 0 Å². The molecule has 0 aliphatic heterocycles. The van der Waals surface area contributed by atoms with E-state index in [4.69, 9.17) is 10.7 Å². The molecule has 0 amide bonds. The molecular weight excluding hydrogens is 377 g/mol. The van der Waals surface area contributed by atoms with Gasteiger partial charge in [0.05, 0.1) is 21.0 Å². The van der Waals surface area contributed by atoms with Crippen LogP contribution in [-0.4, -0.2) is 19.7 Å². The highest BCUT2D eigenvalue weighted by Gasteiger charge is 2.23. The van der Waals surface area contributed by atoms with Crippen molar-refractivity contribution in [1.29, 1.82) is 0 Å². The standard InChI is InChI=1S/C15H20IN5/c1-9(2)21-8-11(7-18-21)15-19-13(10-5-3-4-6-10)12(16)14(17)20-15/h7-10H,3-6H2,1-2H3,(H2,17,19,20). The molecule has 0 radical (unpaired) electrons. The number of rotatable bonds is 3. The molecule has 5 nitrogen and oxygen atoms in total. The number of anilines is 1. The van der Waals surface area contributed by atoms with Gasteiger partial charge < -0.3 is 5.73 Å². The molecule has 2 heterocycles. The van der Waals surface area contributed by atoms with Crippen LogP contribution in [0.5, 0.6) is 0 Å². The molecule has 0 bridgehead atoms. The summed E-state index contributed by atoms with van der Waals surface area (Å²) in [6.45, 7) is 4.20. The first-order chi connectivity index (χ1) is 10.1. The van der Waals surface area contributed by atoms with Crippen LogP contribution in [0.15, 0.2) is 12.4 Å². The Kier molecular flexibility index (Phi) is 4.14. The molecule has 3 rings (SSSR count). The maximum Gasteiger partial charge on any atom is 0.165 e. The summed E-state index contributed by atoms with van der Waals surface area (Å²) in [5.41, 5.74) is 8.16. The topological polar surface area (TPSA) is 69.6 Å². The molecule has 21 heavy (non-hydrogen) atoms. The number of halogens is 1. The van der Waals surface area contributed by atoms with Crippen LogP contribution in [0.3, 0.4) is 0 Å². The van der Waals surface area contributed by atoms with E-state index in [0.717, 1.165) is 14.8 Å². The van der Waals surface area contributed by atoms with E-state index in [0.29, 0.717) is 23.6 Å². The molecule has 0 unspecified atom stereocenters. The Balaban J connectivity index is 2.02. The van der Waals surface area contributed by atoms with E-state index >= 15 is 0 Å². The second-order valence-corrected chi connectivity index (χ2v) is 6.99. The summed E-state index contributed by atoms with van der Waals surface area (Å²) < 4.78 is 2.93. The van der Waals surface area contributed by atoms with Crippen LogP contribution in [0.2, 0.25) is 0 Å². The third-order valence-corrected chi connectivity index (χ3v) is 5.14. The first kappa shape index (κ1) is 14.7. The van der Waals surface area contributed by atoms with E-state index in [2.05, 4.69) is 46.5 Å². The van der Waals surface area contributed by atoms with Crippen molar-refractivity contribution in [3.8, 4) is 11.4 Å². The van der Waals surface area contributed by atoms with Gasteiger partial charge in [0.15, 0.2) is 5.82 Å². The quantitative estimate of drug-likeness (QED) is 0.801. The summed E-state index contributed by atoms with van der Waals surface area (Å²) >= 11 is 2.28. The molecule has 112 valence electrons. The van der Waals surface area contributed by atoms with Crippen LogP contribution in [-0.2, 0) is 0 Å². The third kappa shape index (κ3) is 2.90. The van der Waals surface area contributed by atoms with Gasteiger partial charge in [-0.2, -0.15) is 5.10 Å². The number of nitrogen functional groups attached to an aromatic ring is 1. The number of aromatic nitrogens is 4. The Morgan fingerprint density at radius 2 is 2.00 bits per heavy atom. The van der Waals surface area contributed by atoms with Gasteiger partial charge in [0, 0.05) is 18.2 Å². The molecule has 6 heteroatoms. The summed E-state index contributed by atoms with van der Waals surface area (Å²) in [6, 6.07) is 0.328. The van der Waals surface area contributed by atoms with E-state index in [1.807, 2.05) is 17.1 Å². The molecule has 1 saturated carbocycles. The van der Waals surface area contributed by atoms with Gasteiger partial charge in [-0.05, 0) is 49.3 Å². The van der Waals surface area contributed by atoms with Crippen molar-refractivity contribution in [2.75, 3.05) is 5.73 Å². The minimum absolute atomic E-state index is 0.328. The van der Waals surface area contributed by atoms with Crippen LogP contribution in [0.25, 0.3) is 11.4 Å². The third-order valence-electron chi connectivity index (χ3n) is 4.03. The maximum absolute atomic E-state index is 6.11. The lowest BCUT2D eigenvalue weighted by Crippen LogP contribution is -2.07. The molecule has 0 saturated heterocycles. The largest absolute Gasteiger partial charge is 0.383 e. The second kappa shape index (κ2) is 5.90. The average molecular weight is 397 g/mol. The van der Waals surface area contributed by atoms with E-state index in [1.165, 1.54) is 25.7 Å². The fourth-order valence-electron chi connectivity index (χ4n) is 2.82. The molecule has 2 N–H and O–H groups in total. The summed E-state index contributed by atoms with van der Waals surface area (Å²) in [5, 5.41) is 4.37. The molecule has 1 aliphatic rings. The zero-order valence-corrected chi connectivity index (χ0v) is 14.5. The first-order valence-electron chi connectivity index (χ1n) is 7.43. The van der Waals surface area contributed by atoms with E-state index in [1.54, 1.807) is 0 Å². The highest BCUT2D eigenvalue weighted by Crippen LogP contribution is 2.37. The number of hydrogen-bond acceptors (Lipinski definition) is 4. The number of nitrogens with zero attached hydrogens (tertiary/aromatic N) is 4. The summed E-state index contributed by atoms with van der Waals surface area (Å²) in [5.74, 6) is 1.81. The normalized spacial score (nSPS) is 16.0. The predicted octanol–water partition coefficient (Wildman–Crippen LogP) is 3.77. The summed E-state index contributed by atoms with van der Waals surface area (Å²) in [6.07, 6.45) is 8.79. The first-order valence-corrected chi connectivity index (χ1v) is 8.51. The Bertz CT molecular complexity index is 644. The number of nitrogens with two attached hydrogens (primary N) is 1. The predicted molar refractivity (Wildman–Crippen MR) is 92.0 cm³/mol. The minimum Gasteiger partial charge on any atom is -0.383 e. The van der Waals surface area contributed by atoms with Gasteiger partial charge in [0.25, 0.3) is 0 Å². The molecule has 1 fully saturated rings. The average Bonchev–Trinajstić information content (AvgIpc) is 3.11. The van der Waals surface area contributed by atoms with Gasteiger partial charge in [-0.15, -0.1) is 0 Å². The molecule has 0 aromatic carbocycles. The zero-order valence-electron chi connectivity index (χ0n) is 12.4. The molecule has 2 aromatic rings. The highest BCUT2D eigenvalue weighted by molar-refractivity contribution is 14.1. The SMILES string of the molecule is CC(C)n1cc(-c2nc(N)c(I)c(C3CCCC3)n2)cn1. The van der Waals surface area contributed by atoms with Crippen LogP contribution in [0.1, 0.15) is 57.2 Å². The Hall–Kier alpha value is -1.18. The molecule has 2 aromatic heterocycles. The van der Waals surface area contributed by atoms with Crippen LogP contribution in [0.4, 0.5) is 5.82 Å². The van der Waals surface area contributed by atoms with Crippen molar-refractivity contribution in [2.24, 2.45) is 0 Å². The number of hydrogen-bond donors (Lipinski definition) is 1. The van der Waals surface area contributed by atoms with Crippen molar-refractivity contribution < 1.29 is 0 Å². The molecule has 1 aliphatic carbocycles. The smallest absolute Gasteiger partial charge is 0.165 e. The van der Waals surface area contributed by atoms with Crippen molar-refractivity contribution >= 4 is 28.4 Å². The van der Waals surface area contributed by atoms with Crippen molar-refractivity contribution in [3.05, 3.63) is 21.7 Å². The molecule has 0 atom stereocenters. The van der Waals surface area contributed by atoms with Crippen molar-refractivity contribution in [3.63, 3.8) is 0 Å². The lowest BCUT2D eigenvalue weighted by atomic mass is 10.0. The lowest BCUT2D eigenvalue weighted by molar-refractivity contribution is 0.532. The van der Waals surface area contributed by atoms with Gasteiger partial charge >= 0.3 is 0 Å². The maximum atomic E-state index is 6.11. The fraction of sp³-hybridized carbons (Fsp3) is 0.533. The van der Waals surface area contributed by atoms with Crippen molar-refractivity contribution in [2.45, 2.75) is 51.5 Å². The van der Waals surface area contributed by atoms with Crippen LogP contribution >= 0.6 is 22.6 Å². The Morgan fingerprint density at radius 1 is 1.29 bits per heavy atom. The molecule has 0 spiro atoms. The van der Waals surface area contributed by atoms with E-state index in [-0.39, 0.29) is 0 Å². The lowest BCUT2D eigenvalue weighted by Gasteiger charge is -2.13. The fourth-order valence-corrected chi connectivity index (χ4v) is 3.50. The molecular formula is C15H20IN5. The van der Waals surface area contributed by atoms with Gasteiger partial charge in [0.1, 0.15) is 5.82 Å². The van der Waals surface area contributed by atoms with Crippen molar-refractivity contribution in [1.82, 2.24) is 19.7 Å². The Morgan fingerprint density at radius 3 is 2.62 bits per heavy atom. The Labute approximate surface area is 138 Å². The van der Waals surface area contributed by atoms with Crippen LogP contribution in [0, 0.1) is 3.57 Å². The highest BCUT2D eigenvalue weighted by atomic mass is 127. The summed E-state index contributed by atoms with van der Waals surface area (Å²) in [4.78, 5) is 9.26. The minimum atomic E-state index is 0.328. The van der Waals surface area contributed by atoms with Gasteiger partial charge in [-0.25, -0.2) is 9.97 Å².